The first-order chi connectivity index (χ1) is 9.63. The summed E-state index contributed by atoms with van der Waals surface area (Å²) in [4.78, 5) is 14.2. The van der Waals surface area contributed by atoms with Crippen LogP contribution in [0.3, 0.4) is 0 Å². The number of ether oxygens (including phenoxy) is 1. The molecule has 20 heavy (non-hydrogen) atoms. The molecule has 1 saturated carbocycles. The number of likely N-dealkylation sites (tertiary alicyclic amines) is 1. The van der Waals surface area contributed by atoms with Gasteiger partial charge in [0.1, 0.15) is 0 Å². The Bertz CT molecular complexity index is 318. The van der Waals surface area contributed by atoms with E-state index in [0.29, 0.717) is 18.6 Å². The van der Waals surface area contributed by atoms with Gasteiger partial charge in [0, 0.05) is 25.2 Å². The highest BCUT2D eigenvalue weighted by Gasteiger charge is 2.36. The number of carbonyl (C=O) groups is 1. The van der Waals surface area contributed by atoms with Crippen LogP contribution in [0.25, 0.3) is 0 Å². The lowest BCUT2D eigenvalue weighted by atomic mass is 9.89. The van der Waals surface area contributed by atoms with E-state index in [1.165, 1.54) is 32.2 Å². The molecule has 4 heteroatoms. The van der Waals surface area contributed by atoms with Gasteiger partial charge in [-0.1, -0.05) is 13.3 Å². The van der Waals surface area contributed by atoms with Gasteiger partial charge in [0.15, 0.2) is 0 Å². The van der Waals surface area contributed by atoms with E-state index < -0.39 is 0 Å². The number of rotatable bonds is 6. The van der Waals surface area contributed by atoms with Gasteiger partial charge in [-0.2, -0.15) is 0 Å². The molecule has 1 heterocycles. The van der Waals surface area contributed by atoms with Crippen LogP contribution >= 0.6 is 0 Å². The van der Waals surface area contributed by atoms with Crippen molar-refractivity contribution < 1.29 is 9.53 Å². The van der Waals surface area contributed by atoms with E-state index in [2.05, 4.69) is 24.1 Å². The van der Waals surface area contributed by atoms with Crippen LogP contribution in [0.4, 0.5) is 4.79 Å². The minimum atomic E-state index is -0.256. The number of amides is 1. The van der Waals surface area contributed by atoms with Gasteiger partial charge < -0.3 is 10.1 Å². The maximum absolute atomic E-state index is 11.6. The monoisotopic (exact) mass is 282 g/mol. The second kappa shape index (κ2) is 7.30. The van der Waals surface area contributed by atoms with Crippen molar-refractivity contribution in [1.82, 2.24) is 10.2 Å². The molecule has 1 saturated heterocycles. The highest BCUT2D eigenvalue weighted by atomic mass is 16.5. The van der Waals surface area contributed by atoms with Crippen LogP contribution in [0, 0.1) is 11.8 Å². The summed E-state index contributed by atoms with van der Waals surface area (Å²) in [5, 5.41) is 3.05. The summed E-state index contributed by atoms with van der Waals surface area (Å²) in [5.74, 6) is 1.60. The van der Waals surface area contributed by atoms with Crippen LogP contribution in [0.1, 0.15) is 52.9 Å². The van der Waals surface area contributed by atoms with Gasteiger partial charge in [0.25, 0.3) is 0 Å². The molecule has 2 rings (SSSR count). The quantitative estimate of drug-likeness (QED) is 0.814. The molecule has 0 spiro atoms. The molecule has 1 N–H and O–H groups in total. The van der Waals surface area contributed by atoms with Gasteiger partial charge >= 0.3 is 6.09 Å². The summed E-state index contributed by atoms with van der Waals surface area (Å²) < 4.78 is 5.03. The fourth-order valence-corrected chi connectivity index (χ4v) is 3.51. The second-order valence-corrected chi connectivity index (χ2v) is 6.48. The van der Waals surface area contributed by atoms with E-state index in [4.69, 9.17) is 4.74 Å². The third kappa shape index (κ3) is 4.37. The normalized spacial score (nSPS) is 28.9. The summed E-state index contributed by atoms with van der Waals surface area (Å²) in [5.41, 5.74) is 0. The molecule has 4 nitrogen and oxygen atoms in total. The van der Waals surface area contributed by atoms with Crippen molar-refractivity contribution in [1.29, 1.82) is 0 Å². The van der Waals surface area contributed by atoms with Crippen molar-refractivity contribution in [2.45, 2.75) is 65.0 Å². The van der Waals surface area contributed by atoms with Crippen molar-refractivity contribution in [3.63, 3.8) is 0 Å². The molecule has 0 aromatic carbocycles. The maximum Gasteiger partial charge on any atom is 0.407 e. The van der Waals surface area contributed by atoms with Crippen LogP contribution in [-0.2, 0) is 4.74 Å². The standard InChI is InChI=1S/C16H30N2O2/c1-4-6-13-9-15(17-16(19)20-5-2)11-18(10-13)12(3)14-7-8-14/h12-15H,4-11H2,1-3H3,(H,17,19). The Balaban J connectivity index is 1.90. The third-order valence-electron chi connectivity index (χ3n) is 4.74. The molecule has 0 aromatic heterocycles. The number of nitrogens with zero attached hydrogens (tertiary/aromatic N) is 1. The van der Waals surface area contributed by atoms with Gasteiger partial charge in [-0.3, -0.25) is 4.90 Å². The Morgan fingerprint density at radius 1 is 1.35 bits per heavy atom. The molecule has 2 fully saturated rings. The van der Waals surface area contributed by atoms with Gasteiger partial charge in [-0.15, -0.1) is 0 Å². The molecule has 116 valence electrons. The predicted octanol–water partition coefficient (Wildman–Crippen LogP) is 3.02. The summed E-state index contributed by atoms with van der Waals surface area (Å²) in [6.07, 6.45) is 6.09. The summed E-state index contributed by atoms with van der Waals surface area (Å²) in [6.45, 7) is 9.08. The Labute approximate surface area is 123 Å². The first-order valence-corrected chi connectivity index (χ1v) is 8.31. The highest BCUT2D eigenvalue weighted by Crippen LogP contribution is 2.37. The fourth-order valence-electron chi connectivity index (χ4n) is 3.51. The second-order valence-electron chi connectivity index (χ2n) is 6.48. The number of hydrogen-bond acceptors (Lipinski definition) is 3. The van der Waals surface area contributed by atoms with Gasteiger partial charge in [0.2, 0.25) is 0 Å². The van der Waals surface area contributed by atoms with E-state index in [1.807, 2.05) is 6.92 Å². The third-order valence-corrected chi connectivity index (χ3v) is 4.74. The Hall–Kier alpha value is -0.770. The van der Waals surface area contributed by atoms with Crippen LogP contribution in [0.15, 0.2) is 0 Å². The lowest BCUT2D eigenvalue weighted by Gasteiger charge is -2.41. The van der Waals surface area contributed by atoms with Crippen molar-refractivity contribution in [3.05, 3.63) is 0 Å². The molecule has 3 atom stereocenters. The van der Waals surface area contributed by atoms with E-state index in [9.17, 15) is 4.79 Å². The van der Waals surface area contributed by atoms with Crippen molar-refractivity contribution >= 4 is 6.09 Å². The Morgan fingerprint density at radius 2 is 2.10 bits per heavy atom. The van der Waals surface area contributed by atoms with Gasteiger partial charge in [-0.05, 0) is 51.4 Å². The summed E-state index contributed by atoms with van der Waals surface area (Å²) in [6, 6.07) is 0.918. The maximum atomic E-state index is 11.6. The van der Waals surface area contributed by atoms with Crippen molar-refractivity contribution in [2.75, 3.05) is 19.7 Å². The molecule has 2 aliphatic rings. The molecule has 3 unspecified atom stereocenters. The van der Waals surface area contributed by atoms with Gasteiger partial charge in [0.05, 0.1) is 6.61 Å². The van der Waals surface area contributed by atoms with E-state index in [1.54, 1.807) is 0 Å². The largest absolute Gasteiger partial charge is 0.450 e. The first-order valence-electron chi connectivity index (χ1n) is 8.31. The molecule has 1 aliphatic heterocycles. The number of hydrogen-bond donors (Lipinski definition) is 1. The predicted molar refractivity (Wildman–Crippen MR) is 80.7 cm³/mol. The topological polar surface area (TPSA) is 41.6 Å². The van der Waals surface area contributed by atoms with Crippen molar-refractivity contribution in [2.24, 2.45) is 11.8 Å². The van der Waals surface area contributed by atoms with E-state index in [-0.39, 0.29) is 12.1 Å². The molecular weight excluding hydrogens is 252 g/mol. The average Bonchev–Trinajstić information content (AvgIpc) is 3.22. The van der Waals surface area contributed by atoms with Crippen LogP contribution in [0.5, 0.6) is 0 Å². The smallest absolute Gasteiger partial charge is 0.407 e. The highest BCUT2D eigenvalue weighted by molar-refractivity contribution is 5.67. The SMILES string of the molecule is CCCC1CC(NC(=O)OCC)CN(C(C)C2CC2)C1. The zero-order valence-electron chi connectivity index (χ0n) is 13.2. The molecule has 0 bridgehead atoms. The minimum Gasteiger partial charge on any atom is -0.450 e. The minimum absolute atomic E-state index is 0.251. The van der Waals surface area contributed by atoms with E-state index >= 15 is 0 Å². The molecule has 1 amide bonds. The number of carbonyl (C=O) groups excluding carboxylic acids is 1. The zero-order valence-corrected chi connectivity index (χ0v) is 13.2. The molecule has 0 radical (unpaired) electrons. The molecule has 0 aromatic rings. The average molecular weight is 282 g/mol. The lowest BCUT2D eigenvalue weighted by molar-refractivity contribution is 0.0837. The summed E-state index contributed by atoms with van der Waals surface area (Å²) in [7, 11) is 0. The first kappa shape index (κ1) is 15.6. The van der Waals surface area contributed by atoms with Crippen LogP contribution in [0.2, 0.25) is 0 Å². The number of nitrogens with one attached hydrogen (secondary N) is 1. The number of alkyl carbamates (subject to hydrolysis) is 1. The van der Waals surface area contributed by atoms with Crippen LogP contribution < -0.4 is 5.32 Å². The lowest BCUT2D eigenvalue weighted by Crippen LogP contribution is -2.53. The van der Waals surface area contributed by atoms with Crippen LogP contribution in [-0.4, -0.2) is 42.8 Å². The Morgan fingerprint density at radius 3 is 2.70 bits per heavy atom. The Kier molecular flexibility index (Phi) is 5.70. The van der Waals surface area contributed by atoms with E-state index in [0.717, 1.165) is 18.9 Å². The zero-order chi connectivity index (χ0) is 14.5. The van der Waals surface area contributed by atoms with Crippen molar-refractivity contribution in [3.8, 4) is 0 Å². The fraction of sp³-hybridized carbons (Fsp3) is 0.938. The summed E-state index contributed by atoms with van der Waals surface area (Å²) >= 11 is 0. The number of piperidine rings is 1. The molecule has 1 aliphatic carbocycles. The van der Waals surface area contributed by atoms with Gasteiger partial charge in [-0.25, -0.2) is 4.79 Å². The molecular formula is C16H30N2O2.